The molecule has 0 aliphatic heterocycles. The van der Waals surface area contributed by atoms with Crippen LogP contribution in [0, 0.1) is 16.0 Å². The van der Waals surface area contributed by atoms with Gasteiger partial charge < -0.3 is 10.3 Å². The normalized spacial score (nSPS) is 13.8. The van der Waals surface area contributed by atoms with Crippen LogP contribution >= 0.6 is 0 Å². The number of hydrazine groups is 1. The Balaban J connectivity index is 2.23. The van der Waals surface area contributed by atoms with Gasteiger partial charge in [-0.25, -0.2) is 0 Å². The van der Waals surface area contributed by atoms with Crippen molar-refractivity contribution < 1.29 is 9.72 Å². The van der Waals surface area contributed by atoms with E-state index >= 15 is 0 Å². The van der Waals surface area contributed by atoms with Crippen molar-refractivity contribution in [1.82, 2.24) is 4.90 Å². The quantitative estimate of drug-likeness (QED) is 0.455. The lowest BCUT2D eigenvalue weighted by molar-refractivity contribution is -0.384. The Hall–Kier alpha value is -2.15. The van der Waals surface area contributed by atoms with E-state index in [1.165, 1.54) is 12.1 Å². The summed E-state index contributed by atoms with van der Waals surface area (Å²) in [7, 11) is 0. The molecule has 7 heteroatoms. The second-order valence-electron chi connectivity index (χ2n) is 5.33. The van der Waals surface area contributed by atoms with E-state index in [2.05, 4.69) is 5.43 Å². The molecule has 0 radical (unpaired) electrons. The van der Waals surface area contributed by atoms with E-state index < -0.39 is 4.92 Å². The van der Waals surface area contributed by atoms with Gasteiger partial charge in [0, 0.05) is 24.7 Å². The zero-order chi connectivity index (χ0) is 15.4. The number of anilines is 1. The van der Waals surface area contributed by atoms with Crippen LogP contribution in [0.3, 0.4) is 0 Å². The van der Waals surface area contributed by atoms with E-state index in [1.54, 1.807) is 11.0 Å². The number of nitro groups is 1. The Bertz CT molecular complexity index is 543. The molecule has 21 heavy (non-hydrogen) atoms. The summed E-state index contributed by atoms with van der Waals surface area (Å²) < 4.78 is 0. The zero-order valence-electron chi connectivity index (χ0n) is 12.0. The number of nitrogens with two attached hydrogens (primary N) is 1. The van der Waals surface area contributed by atoms with Crippen LogP contribution in [-0.4, -0.2) is 28.8 Å². The first kappa shape index (κ1) is 15.2. The predicted octanol–water partition coefficient (Wildman–Crippen LogP) is 2.14. The standard InChI is InChI=1S/C14H20N4O3/c1-2-7-17(9-10-3-4-10)14(19)11-5-6-12(16-15)13(8-11)18(20)21/h5-6,8,10,16H,2-4,7,9,15H2,1H3. The number of rotatable bonds is 7. The van der Waals surface area contributed by atoms with E-state index in [4.69, 9.17) is 5.84 Å². The Kier molecular flexibility index (Phi) is 4.74. The number of hydrogen-bond donors (Lipinski definition) is 2. The predicted molar refractivity (Wildman–Crippen MR) is 79.8 cm³/mol. The molecule has 0 spiro atoms. The van der Waals surface area contributed by atoms with Gasteiger partial charge in [0.25, 0.3) is 11.6 Å². The van der Waals surface area contributed by atoms with Crippen LogP contribution in [0.1, 0.15) is 36.5 Å². The summed E-state index contributed by atoms with van der Waals surface area (Å²) in [6, 6.07) is 4.32. The number of nitrogen functional groups attached to an aromatic ring is 1. The van der Waals surface area contributed by atoms with E-state index in [1.807, 2.05) is 6.92 Å². The fourth-order valence-corrected chi connectivity index (χ4v) is 2.28. The van der Waals surface area contributed by atoms with Gasteiger partial charge in [0.15, 0.2) is 0 Å². The second-order valence-corrected chi connectivity index (χ2v) is 5.33. The van der Waals surface area contributed by atoms with E-state index in [0.29, 0.717) is 18.0 Å². The van der Waals surface area contributed by atoms with Crippen molar-refractivity contribution >= 4 is 17.3 Å². The molecule has 0 atom stereocenters. The van der Waals surface area contributed by atoms with Gasteiger partial charge in [-0.2, -0.15) is 0 Å². The fraction of sp³-hybridized carbons (Fsp3) is 0.500. The maximum atomic E-state index is 12.5. The summed E-state index contributed by atoms with van der Waals surface area (Å²) in [6.45, 7) is 3.41. The van der Waals surface area contributed by atoms with Crippen LogP contribution < -0.4 is 11.3 Å². The van der Waals surface area contributed by atoms with Gasteiger partial charge >= 0.3 is 0 Å². The van der Waals surface area contributed by atoms with Crippen molar-refractivity contribution in [3.05, 3.63) is 33.9 Å². The van der Waals surface area contributed by atoms with Gasteiger partial charge in [0.05, 0.1) is 4.92 Å². The molecule has 1 aromatic carbocycles. The lowest BCUT2D eigenvalue weighted by Gasteiger charge is -2.22. The molecule has 0 unspecified atom stereocenters. The zero-order valence-corrected chi connectivity index (χ0v) is 12.0. The molecule has 1 amide bonds. The lowest BCUT2D eigenvalue weighted by Crippen LogP contribution is -2.33. The largest absolute Gasteiger partial charge is 0.338 e. The average molecular weight is 292 g/mol. The Morgan fingerprint density at radius 3 is 2.76 bits per heavy atom. The minimum absolute atomic E-state index is 0.157. The fourth-order valence-electron chi connectivity index (χ4n) is 2.28. The molecule has 7 nitrogen and oxygen atoms in total. The number of benzene rings is 1. The SMILES string of the molecule is CCCN(CC1CC1)C(=O)c1ccc(NN)c([N+](=O)[O-])c1. The summed E-state index contributed by atoms with van der Waals surface area (Å²) in [5.74, 6) is 5.67. The maximum absolute atomic E-state index is 12.5. The van der Waals surface area contributed by atoms with Crippen LogP contribution in [-0.2, 0) is 0 Å². The number of nitrogens with one attached hydrogen (secondary N) is 1. The minimum Gasteiger partial charge on any atom is -0.338 e. The average Bonchev–Trinajstić information content (AvgIpc) is 3.29. The van der Waals surface area contributed by atoms with Crippen molar-refractivity contribution in [3.63, 3.8) is 0 Å². The smallest absolute Gasteiger partial charge is 0.294 e. The van der Waals surface area contributed by atoms with Gasteiger partial charge in [-0.15, -0.1) is 0 Å². The number of nitro benzene ring substituents is 1. The molecule has 2 rings (SSSR count). The van der Waals surface area contributed by atoms with Gasteiger partial charge in [0.2, 0.25) is 0 Å². The molecule has 0 saturated heterocycles. The number of carbonyl (C=O) groups excluding carboxylic acids is 1. The van der Waals surface area contributed by atoms with Crippen molar-refractivity contribution in [2.75, 3.05) is 18.5 Å². The highest BCUT2D eigenvalue weighted by Crippen LogP contribution is 2.31. The summed E-state index contributed by atoms with van der Waals surface area (Å²) in [5, 5.41) is 11.0. The maximum Gasteiger partial charge on any atom is 0.294 e. The van der Waals surface area contributed by atoms with Gasteiger partial charge in [-0.05, 0) is 37.3 Å². The summed E-state index contributed by atoms with van der Waals surface area (Å²) in [5.41, 5.74) is 2.61. The molecule has 114 valence electrons. The van der Waals surface area contributed by atoms with Crippen LogP contribution in [0.5, 0.6) is 0 Å². The first-order chi connectivity index (χ1) is 10.1. The molecule has 1 aromatic rings. The topological polar surface area (TPSA) is 102 Å². The number of nitrogens with zero attached hydrogens (tertiary/aromatic N) is 2. The van der Waals surface area contributed by atoms with Crippen LogP contribution in [0.15, 0.2) is 18.2 Å². The molecule has 0 aromatic heterocycles. The minimum atomic E-state index is -0.545. The van der Waals surface area contributed by atoms with Crippen molar-refractivity contribution in [1.29, 1.82) is 0 Å². The second kappa shape index (κ2) is 6.53. The van der Waals surface area contributed by atoms with E-state index in [-0.39, 0.29) is 17.3 Å². The van der Waals surface area contributed by atoms with Crippen LogP contribution in [0.25, 0.3) is 0 Å². The molecule has 1 fully saturated rings. The van der Waals surface area contributed by atoms with Crippen LogP contribution in [0.4, 0.5) is 11.4 Å². The molecule has 1 aliphatic carbocycles. The first-order valence-corrected chi connectivity index (χ1v) is 7.11. The molecular formula is C14H20N4O3. The summed E-state index contributed by atoms with van der Waals surface area (Å²) in [6.07, 6.45) is 3.18. The van der Waals surface area contributed by atoms with Gasteiger partial charge in [-0.1, -0.05) is 6.92 Å². The first-order valence-electron chi connectivity index (χ1n) is 7.11. The van der Waals surface area contributed by atoms with Crippen molar-refractivity contribution in [2.45, 2.75) is 26.2 Å². The third-order valence-corrected chi connectivity index (χ3v) is 3.55. The molecule has 1 aliphatic rings. The highest BCUT2D eigenvalue weighted by Gasteiger charge is 2.27. The summed E-state index contributed by atoms with van der Waals surface area (Å²) >= 11 is 0. The third-order valence-electron chi connectivity index (χ3n) is 3.55. The van der Waals surface area contributed by atoms with E-state index in [9.17, 15) is 14.9 Å². The molecule has 1 saturated carbocycles. The monoisotopic (exact) mass is 292 g/mol. The third kappa shape index (κ3) is 3.69. The molecular weight excluding hydrogens is 272 g/mol. The molecule has 0 bridgehead atoms. The molecule has 0 heterocycles. The van der Waals surface area contributed by atoms with Crippen molar-refractivity contribution in [2.24, 2.45) is 11.8 Å². The highest BCUT2D eigenvalue weighted by atomic mass is 16.6. The Morgan fingerprint density at radius 1 is 1.52 bits per heavy atom. The van der Waals surface area contributed by atoms with E-state index in [0.717, 1.165) is 25.8 Å². The number of amides is 1. The number of hydrogen-bond acceptors (Lipinski definition) is 5. The van der Waals surface area contributed by atoms with Gasteiger partial charge in [-0.3, -0.25) is 20.8 Å². The van der Waals surface area contributed by atoms with Crippen LogP contribution in [0.2, 0.25) is 0 Å². The van der Waals surface area contributed by atoms with Crippen molar-refractivity contribution in [3.8, 4) is 0 Å². The number of carbonyl (C=O) groups is 1. The highest BCUT2D eigenvalue weighted by molar-refractivity contribution is 5.95. The summed E-state index contributed by atoms with van der Waals surface area (Å²) in [4.78, 5) is 24.8. The van der Waals surface area contributed by atoms with Gasteiger partial charge in [0.1, 0.15) is 5.69 Å². The Labute approximate surface area is 123 Å². The lowest BCUT2D eigenvalue weighted by atomic mass is 10.1. The Morgan fingerprint density at radius 2 is 2.24 bits per heavy atom. The molecule has 3 N–H and O–H groups in total.